The average Bonchev–Trinajstić information content (AvgIpc) is 3.06. The van der Waals surface area contributed by atoms with E-state index >= 15 is 0 Å². The van der Waals surface area contributed by atoms with Gasteiger partial charge < -0.3 is 9.67 Å². The minimum Gasteiger partial charge on any atom is -0.494 e. The molecule has 1 aliphatic heterocycles. The highest BCUT2D eigenvalue weighted by molar-refractivity contribution is 6.30. The van der Waals surface area contributed by atoms with Crippen LogP contribution in [0.15, 0.2) is 72.3 Å². The Bertz CT molecular complexity index is 887. The summed E-state index contributed by atoms with van der Waals surface area (Å²) in [5.74, 6) is -0.370. The van der Waals surface area contributed by atoms with Crippen molar-refractivity contribution >= 4 is 17.2 Å². The van der Waals surface area contributed by atoms with Crippen molar-refractivity contribution in [1.29, 1.82) is 0 Å². The van der Waals surface area contributed by atoms with Crippen LogP contribution >= 0.6 is 0 Å². The summed E-state index contributed by atoms with van der Waals surface area (Å²) >= 11 is 0. The SMILES string of the molecule is C=C/C=C(\C=C/C)C1=NC(=O)c2c1c(O)n(C)c2/C(C=C)=C/C=C\C. The lowest BCUT2D eigenvalue weighted by Gasteiger charge is -2.07. The Morgan fingerprint density at radius 1 is 1.12 bits per heavy atom. The molecule has 4 nitrogen and oxygen atoms in total. The second-order valence-electron chi connectivity index (χ2n) is 5.46. The van der Waals surface area contributed by atoms with Crippen LogP contribution in [0.3, 0.4) is 0 Å². The fourth-order valence-corrected chi connectivity index (χ4v) is 2.83. The predicted molar refractivity (Wildman–Crippen MR) is 104 cm³/mol. The van der Waals surface area contributed by atoms with Crippen LogP contribution in [0.5, 0.6) is 5.88 Å². The van der Waals surface area contributed by atoms with E-state index in [2.05, 4.69) is 18.2 Å². The van der Waals surface area contributed by atoms with E-state index in [0.717, 1.165) is 11.1 Å². The highest BCUT2D eigenvalue weighted by Gasteiger charge is 2.35. The van der Waals surface area contributed by atoms with Gasteiger partial charge in [0.2, 0.25) is 5.88 Å². The molecule has 1 N–H and O–H groups in total. The normalized spacial score (nSPS) is 15.2. The van der Waals surface area contributed by atoms with Gasteiger partial charge >= 0.3 is 0 Å². The maximum Gasteiger partial charge on any atom is 0.280 e. The fourth-order valence-electron chi connectivity index (χ4n) is 2.83. The van der Waals surface area contributed by atoms with E-state index in [0.29, 0.717) is 22.5 Å². The van der Waals surface area contributed by atoms with E-state index < -0.39 is 0 Å². The summed E-state index contributed by atoms with van der Waals surface area (Å²) in [5, 5.41) is 10.7. The molecule has 0 unspecified atom stereocenters. The minimum absolute atomic E-state index is 0.00212. The number of aromatic nitrogens is 1. The number of aliphatic imine (C=N–C) groups is 1. The summed E-state index contributed by atoms with van der Waals surface area (Å²) in [6.07, 6.45) is 14.3. The molecule has 2 rings (SSSR count). The summed E-state index contributed by atoms with van der Waals surface area (Å²) in [7, 11) is 1.72. The number of hydrogen-bond acceptors (Lipinski definition) is 2. The lowest BCUT2D eigenvalue weighted by molar-refractivity contribution is 0.101. The van der Waals surface area contributed by atoms with Crippen molar-refractivity contribution in [3.8, 4) is 5.88 Å². The van der Waals surface area contributed by atoms with Gasteiger partial charge in [0, 0.05) is 12.6 Å². The number of nitrogens with zero attached hydrogens (tertiary/aromatic N) is 2. The molecule has 2 heterocycles. The van der Waals surface area contributed by atoms with Gasteiger partial charge in [-0.1, -0.05) is 61.8 Å². The lowest BCUT2D eigenvalue weighted by atomic mass is 9.99. The zero-order chi connectivity index (χ0) is 18.6. The quantitative estimate of drug-likeness (QED) is 0.778. The van der Waals surface area contributed by atoms with Gasteiger partial charge in [0.25, 0.3) is 5.91 Å². The number of fused-ring (bicyclic) bond motifs is 1. The van der Waals surface area contributed by atoms with Crippen molar-refractivity contribution in [3.63, 3.8) is 0 Å². The van der Waals surface area contributed by atoms with Crippen molar-refractivity contribution in [2.45, 2.75) is 13.8 Å². The average molecular weight is 334 g/mol. The first-order chi connectivity index (χ1) is 12.0. The van der Waals surface area contributed by atoms with E-state index in [1.807, 2.05) is 44.2 Å². The van der Waals surface area contributed by atoms with E-state index in [1.165, 1.54) is 0 Å². The van der Waals surface area contributed by atoms with Gasteiger partial charge in [-0.2, -0.15) is 0 Å². The first-order valence-corrected chi connectivity index (χ1v) is 7.98. The third-order valence-corrected chi connectivity index (χ3v) is 3.91. The molecule has 1 aromatic rings. The molecule has 0 radical (unpaired) electrons. The second kappa shape index (κ2) is 7.62. The van der Waals surface area contributed by atoms with Gasteiger partial charge in [0.1, 0.15) is 0 Å². The van der Waals surface area contributed by atoms with Crippen LogP contribution in [0.4, 0.5) is 0 Å². The standard InChI is InChI=1S/C21H22N2O2/c1-6-10-13-14(9-4)19-17-16(21(25)23(19)5)18(22-20(17)24)15(11-7-2)12-8-3/h6-13,25H,2,4H2,1,3,5H3/b10-6-,12-8-,14-13+,15-11+. The van der Waals surface area contributed by atoms with Crippen LogP contribution in [0, 0.1) is 0 Å². The Morgan fingerprint density at radius 3 is 2.40 bits per heavy atom. The van der Waals surface area contributed by atoms with Gasteiger partial charge in [-0.15, -0.1) is 0 Å². The zero-order valence-corrected chi connectivity index (χ0v) is 14.8. The summed E-state index contributed by atoms with van der Waals surface area (Å²) in [4.78, 5) is 16.8. The monoisotopic (exact) mass is 334 g/mol. The molecule has 0 saturated carbocycles. The van der Waals surface area contributed by atoms with Crippen LogP contribution in [-0.4, -0.2) is 21.3 Å². The Kier molecular flexibility index (Phi) is 5.55. The number of hydrogen-bond donors (Lipinski definition) is 1. The first kappa shape index (κ1) is 18.2. The molecule has 25 heavy (non-hydrogen) atoms. The molecule has 0 saturated heterocycles. The van der Waals surface area contributed by atoms with Crippen molar-refractivity contribution in [1.82, 2.24) is 4.57 Å². The molecule has 0 aromatic carbocycles. The summed E-state index contributed by atoms with van der Waals surface area (Å²) in [6, 6.07) is 0. The number of amides is 1. The molecular formula is C21H22N2O2. The topological polar surface area (TPSA) is 54.6 Å². The van der Waals surface area contributed by atoms with Gasteiger partial charge in [-0.05, 0) is 19.4 Å². The molecular weight excluding hydrogens is 312 g/mol. The lowest BCUT2D eigenvalue weighted by Crippen LogP contribution is -2.02. The molecule has 0 bridgehead atoms. The number of rotatable bonds is 6. The summed E-state index contributed by atoms with van der Waals surface area (Å²) in [6.45, 7) is 11.3. The largest absolute Gasteiger partial charge is 0.494 e. The highest BCUT2D eigenvalue weighted by atomic mass is 16.3. The van der Waals surface area contributed by atoms with E-state index in [-0.39, 0.29) is 11.8 Å². The smallest absolute Gasteiger partial charge is 0.280 e. The number of carbonyl (C=O) groups excluding carboxylic acids is 1. The van der Waals surface area contributed by atoms with E-state index in [9.17, 15) is 9.90 Å². The molecule has 0 spiro atoms. The van der Waals surface area contributed by atoms with Crippen molar-refractivity contribution < 1.29 is 9.90 Å². The Balaban J connectivity index is 2.77. The van der Waals surface area contributed by atoms with Crippen molar-refractivity contribution in [2.75, 3.05) is 0 Å². The maximum absolute atomic E-state index is 12.6. The second-order valence-corrected chi connectivity index (χ2v) is 5.46. The zero-order valence-electron chi connectivity index (χ0n) is 14.8. The number of carbonyl (C=O) groups is 1. The van der Waals surface area contributed by atoms with Gasteiger partial charge in [0.15, 0.2) is 0 Å². The molecule has 0 atom stereocenters. The number of allylic oxidation sites excluding steroid dienone is 10. The summed E-state index contributed by atoms with van der Waals surface area (Å²) in [5.41, 5.74) is 3.35. The van der Waals surface area contributed by atoms with Gasteiger partial charge in [-0.25, -0.2) is 4.99 Å². The molecule has 1 amide bonds. The minimum atomic E-state index is -0.372. The van der Waals surface area contributed by atoms with Gasteiger partial charge in [-0.3, -0.25) is 4.79 Å². The Hall–Kier alpha value is -3.14. The third kappa shape index (κ3) is 3.11. The van der Waals surface area contributed by atoms with Crippen LogP contribution < -0.4 is 0 Å². The van der Waals surface area contributed by atoms with Crippen LogP contribution in [0.2, 0.25) is 0 Å². The Labute approximate surface area is 148 Å². The fraction of sp³-hybridized carbons (Fsp3) is 0.143. The number of aromatic hydroxyl groups is 1. The Morgan fingerprint density at radius 2 is 1.84 bits per heavy atom. The van der Waals surface area contributed by atoms with E-state index in [4.69, 9.17) is 0 Å². The van der Waals surface area contributed by atoms with Crippen molar-refractivity contribution in [2.24, 2.45) is 12.0 Å². The predicted octanol–water partition coefficient (Wildman–Crippen LogP) is 4.51. The van der Waals surface area contributed by atoms with Gasteiger partial charge in [0.05, 0.1) is 22.5 Å². The van der Waals surface area contributed by atoms with E-state index in [1.54, 1.807) is 29.8 Å². The van der Waals surface area contributed by atoms with Crippen molar-refractivity contribution in [3.05, 3.63) is 84.2 Å². The molecule has 128 valence electrons. The molecule has 0 aliphatic carbocycles. The van der Waals surface area contributed by atoms with Crippen LogP contribution in [0.1, 0.15) is 35.5 Å². The van der Waals surface area contributed by atoms with Crippen LogP contribution in [0.25, 0.3) is 5.57 Å². The summed E-state index contributed by atoms with van der Waals surface area (Å²) < 4.78 is 1.59. The molecule has 4 heteroatoms. The molecule has 1 aromatic heterocycles. The molecule has 0 fully saturated rings. The first-order valence-electron chi connectivity index (χ1n) is 7.98. The van der Waals surface area contributed by atoms with Crippen LogP contribution in [-0.2, 0) is 7.05 Å². The third-order valence-electron chi connectivity index (χ3n) is 3.91. The highest BCUT2D eigenvalue weighted by Crippen LogP contribution is 2.38. The maximum atomic E-state index is 12.6. The molecule has 1 aliphatic rings.